The van der Waals surface area contributed by atoms with Gasteiger partial charge in [0.05, 0.1) is 12.7 Å². The van der Waals surface area contributed by atoms with E-state index in [1.54, 1.807) is 0 Å². The van der Waals surface area contributed by atoms with Crippen molar-refractivity contribution in [2.24, 2.45) is 0 Å². The molecule has 1 aliphatic heterocycles. The summed E-state index contributed by atoms with van der Waals surface area (Å²) in [6.45, 7) is -0.692. The van der Waals surface area contributed by atoms with Gasteiger partial charge in [-0.05, 0) is 47.5 Å². The van der Waals surface area contributed by atoms with Gasteiger partial charge in [0, 0.05) is 25.0 Å². The molecule has 0 amide bonds. The summed E-state index contributed by atoms with van der Waals surface area (Å²) in [5, 5.41) is 99.3. The van der Waals surface area contributed by atoms with Crippen LogP contribution in [0.4, 0.5) is 0 Å². The lowest BCUT2D eigenvalue weighted by Crippen LogP contribution is -2.60. The number of aliphatic hydroxyl groups is 6. The van der Waals surface area contributed by atoms with Gasteiger partial charge < -0.3 is 70.0 Å². The van der Waals surface area contributed by atoms with Crippen molar-refractivity contribution in [2.75, 3.05) is 6.61 Å². The molecule has 10 N–H and O–H groups in total. The maximum Gasteiger partial charge on any atom is 0.335 e. The molecular formula is C31H34O17. The monoisotopic (exact) mass is 678 g/mol. The number of aliphatic hydroxyl groups excluding tert-OH is 5. The van der Waals surface area contributed by atoms with Gasteiger partial charge in [-0.3, -0.25) is 0 Å². The minimum absolute atomic E-state index is 0.212. The number of carbonyl (C=O) groups excluding carboxylic acids is 2. The zero-order valence-electron chi connectivity index (χ0n) is 24.8. The van der Waals surface area contributed by atoms with Gasteiger partial charge in [0.25, 0.3) is 0 Å². The highest BCUT2D eigenvalue weighted by atomic mass is 16.7. The largest absolute Gasteiger partial charge is 0.504 e. The molecule has 1 heterocycles. The van der Waals surface area contributed by atoms with Gasteiger partial charge in [0.1, 0.15) is 30.5 Å². The molecule has 0 aromatic heterocycles. The zero-order valence-corrected chi connectivity index (χ0v) is 24.8. The number of phenolic OH excluding ortho intramolecular Hbond substituents is 3. The van der Waals surface area contributed by atoms with Crippen LogP contribution in [0.25, 0.3) is 12.2 Å². The van der Waals surface area contributed by atoms with Crippen LogP contribution < -0.4 is 4.74 Å². The predicted molar refractivity (Wildman–Crippen MR) is 158 cm³/mol. The van der Waals surface area contributed by atoms with Gasteiger partial charge in [-0.15, -0.1) is 0 Å². The van der Waals surface area contributed by atoms with Crippen molar-refractivity contribution in [1.29, 1.82) is 0 Å². The fourth-order valence-corrected chi connectivity index (χ4v) is 5.04. The first-order valence-electron chi connectivity index (χ1n) is 14.3. The number of rotatable bonds is 10. The molecule has 0 unspecified atom stereocenters. The Morgan fingerprint density at radius 1 is 0.812 bits per heavy atom. The van der Waals surface area contributed by atoms with E-state index < -0.39 is 109 Å². The van der Waals surface area contributed by atoms with E-state index in [4.69, 9.17) is 18.9 Å². The number of aromatic hydroxyl groups is 3. The van der Waals surface area contributed by atoms with Crippen LogP contribution in [0.5, 0.6) is 23.0 Å². The molecular weight excluding hydrogens is 644 g/mol. The first kappa shape index (κ1) is 36.1. The lowest BCUT2D eigenvalue weighted by molar-refractivity contribution is -0.277. The minimum Gasteiger partial charge on any atom is -0.504 e. The van der Waals surface area contributed by atoms with E-state index in [9.17, 15) is 65.4 Å². The summed E-state index contributed by atoms with van der Waals surface area (Å²) >= 11 is 0. The molecule has 2 aliphatic rings. The third-order valence-corrected chi connectivity index (χ3v) is 7.65. The summed E-state index contributed by atoms with van der Waals surface area (Å²) in [4.78, 5) is 36.9. The molecule has 48 heavy (non-hydrogen) atoms. The number of hydrogen-bond acceptors (Lipinski definition) is 16. The standard InChI is InChI=1S/C31H34O17/c32-13-22-25(39)26(40)27(41)29(47-22)46-20-6-2-15(10-18(20)35)4-8-24(38)48-28-19(36)11-31(44,30(42)43)12-21(28)45-23(37)7-3-14-1-5-16(33)17(34)9-14/h1-10,19,21-22,25-29,32-36,39-41,44H,11-13H2,(H,42,43)/b7-3+,8-4+/t19-,21-,22-,25-,26+,27-,28-,29-,31+/m1/s1. The number of esters is 2. The topological polar surface area (TPSA) is 290 Å². The van der Waals surface area contributed by atoms with Crippen molar-refractivity contribution in [3.05, 3.63) is 59.7 Å². The highest BCUT2D eigenvalue weighted by Gasteiger charge is 2.52. The molecule has 2 fully saturated rings. The zero-order chi connectivity index (χ0) is 35.3. The number of carbonyl (C=O) groups is 3. The molecule has 17 nitrogen and oxygen atoms in total. The van der Waals surface area contributed by atoms with Gasteiger partial charge >= 0.3 is 17.9 Å². The SMILES string of the molecule is O=C(/C=C/c1ccc(O[C@@H]2O[C@H](CO)[C@@H](O)[C@H](O)[C@H]2O)c(O)c1)O[C@@H]1[C@H](O)C[C@@](O)(C(=O)O)C[C@H]1OC(=O)/C=C/c1ccc(O)c(O)c1. The average Bonchev–Trinajstić information content (AvgIpc) is 3.03. The van der Waals surface area contributed by atoms with Gasteiger partial charge in [-0.25, -0.2) is 14.4 Å². The first-order valence-corrected chi connectivity index (χ1v) is 14.3. The summed E-state index contributed by atoms with van der Waals surface area (Å²) < 4.78 is 21.1. The summed E-state index contributed by atoms with van der Waals surface area (Å²) in [5.74, 6) is -5.45. The van der Waals surface area contributed by atoms with Crippen molar-refractivity contribution in [1.82, 2.24) is 0 Å². The van der Waals surface area contributed by atoms with Gasteiger partial charge in [0.2, 0.25) is 6.29 Å². The molecule has 17 heteroatoms. The summed E-state index contributed by atoms with van der Waals surface area (Å²) in [7, 11) is 0. The lowest BCUT2D eigenvalue weighted by Gasteiger charge is -2.40. The highest BCUT2D eigenvalue weighted by molar-refractivity contribution is 5.88. The Balaban J connectivity index is 1.43. The van der Waals surface area contributed by atoms with E-state index in [0.29, 0.717) is 0 Å². The normalized spacial score (nSPS) is 30.6. The number of carboxylic acid groups (broad SMARTS) is 1. The molecule has 260 valence electrons. The van der Waals surface area contributed by atoms with E-state index in [1.807, 2.05) is 0 Å². The fraction of sp³-hybridized carbons (Fsp3) is 0.387. The quantitative estimate of drug-likeness (QED) is 0.0777. The molecule has 0 bridgehead atoms. The van der Waals surface area contributed by atoms with Crippen LogP contribution in [0.2, 0.25) is 0 Å². The first-order chi connectivity index (χ1) is 22.6. The molecule has 1 saturated heterocycles. The van der Waals surface area contributed by atoms with E-state index in [-0.39, 0.29) is 16.9 Å². The maximum atomic E-state index is 12.7. The highest BCUT2D eigenvalue weighted by Crippen LogP contribution is 2.34. The van der Waals surface area contributed by atoms with Gasteiger partial charge in [-0.1, -0.05) is 12.1 Å². The molecule has 0 spiro atoms. The third kappa shape index (κ3) is 8.39. The smallest absolute Gasteiger partial charge is 0.335 e. The second-order valence-electron chi connectivity index (χ2n) is 11.1. The Kier molecular flexibility index (Phi) is 11.3. The number of ether oxygens (including phenoxy) is 4. The molecule has 1 saturated carbocycles. The molecule has 2 aromatic rings. The summed E-state index contributed by atoms with van der Waals surface area (Å²) in [5.41, 5.74) is -2.03. The second-order valence-corrected chi connectivity index (χ2v) is 11.1. The van der Waals surface area contributed by atoms with Crippen LogP contribution in [-0.2, 0) is 28.6 Å². The van der Waals surface area contributed by atoms with Crippen LogP contribution in [-0.4, -0.2) is 130 Å². The van der Waals surface area contributed by atoms with Crippen molar-refractivity contribution < 1.29 is 84.4 Å². The average molecular weight is 679 g/mol. The van der Waals surface area contributed by atoms with E-state index >= 15 is 0 Å². The second kappa shape index (κ2) is 15.0. The Morgan fingerprint density at radius 3 is 2.00 bits per heavy atom. The van der Waals surface area contributed by atoms with E-state index in [0.717, 1.165) is 24.3 Å². The van der Waals surface area contributed by atoms with E-state index in [2.05, 4.69) is 0 Å². The molecule has 1 aliphatic carbocycles. The minimum atomic E-state index is -2.52. The van der Waals surface area contributed by atoms with Crippen molar-refractivity contribution in [3.8, 4) is 23.0 Å². The van der Waals surface area contributed by atoms with Crippen molar-refractivity contribution >= 4 is 30.1 Å². The number of aliphatic carboxylic acids is 1. The lowest BCUT2D eigenvalue weighted by atomic mass is 9.79. The van der Waals surface area contributed by atoms with E-state index in [1.165, 1.54) is 36.4 Å². The molecule has 0 radical (unpaired) electrons. The summed E-state index contributed by atoms with van der Waals surface area (Å²) in [6.07, 6.45) is -10.2. The number of phenols is 3. The Bertz CT molecular complexity index is 1550. The number of benzene rings is 2. The van der Waals surface area contributed by atoms with Crippen LogP contribution in [0, 0.1) is 0 Å². The molecule has 4 rings (SSSR count). The van der Waals surface area contributed by atoms with Crippen molar-refractivity contribution in [2.45, 2.75) is 67.5 Å². The third-order valence-electron chi connectivity index (χ3n) is 7.65. The fourth-order valence-electron chi connectivity index (χ4n) is 5.04. The Labute approximate surface area is 271 Å². The van der Waals surface area contributed by atoms with Crippen LogP contribution >= 0.6 is 0 Å². The molecule has 9 atom stereocenters. The van der Waals surface area contributed by atoms with Gasteiger partial charge in [-0.2, -0.15) is 0 Å². The number of hydrogen-bond donors (Lipinski definition) is 10. The summed E-state index contributed by atoms with van der Waals surface area (Å²) in [6, 6.07) is 7.39. The van der Waals surface area contributed by atoms with Crippen LogP contribution in [0.3, 0.4) is 0 Å². The number of carboxylic acids is 1. The molecule has 2 aromatic carbocycles. The van der Waals surface area contributed by atoms with Gasteiger partial charge in [0.15, 0.2) is 34.7 Å². The Hall–Kier alpha value is -4.75. The maximum absolute atomic E-state index is 12.7. The van der Waals surface area contributed by atoms with Crippen LogP contribution in [0.15, 0.2) is 48.6 Å². The van der Waals surface area contributed by atoms with Crippen LogP contribution in [0.1, 0.15) is 24.0 Å². The van der Waals surface area contributed by atoms with Crippen molar-refractivity contribution in [3.63, 3.8) is 0 Å². The Morgan fingerprint density at radius 2 is 1.42 bits per heavy atom. The predicted octanol–water partition coefficient (Wildman–Crippen LogP) is -1.50.